The van der Waals surface area contributed by atoms with E-state index in [1.165, 1.54) is 19.3 Å². The van der Waals surface area contributed by atoms with Gasteiger partial charge in [0.05, 0.1) is 13.2 Å². The third-order valence-corrected chi connectivity index (χ3v) is 4.25. The Morgan fingerprint density at radius 2 is 1.20 bits per heavy atom. The summed E-state index contributed by atoms with van der Waals surface area (Å²) in [5.74, 6) is -0.913. The lowest BCUT2D eigenvalue weighted by Gasteiger charge is -2.30. The molecule has 1 unspecified atom stereocenters. The fraction of sp³-hybridized carbons (Fsp3) is 1.00. The molecule has 0 heterocycles. The number of hydrogen-bond acceptors (Lipinski definition) is 5. The molecule has 0 saturated carbocycles. The van der Waals surface area contributed by atoms with Gasteiger partial charge in [-0.05, 0) is 45.1 Å². The SMILES string of the molecule is CCCCCCOC(N)(CCCCCOCCCCN)OCCCC. The Morgan fingerprint density at radius 1 is 0.640 bits per heavy atom. The molecule has 0 aliphatic carbocycles. The first-order valence-corrected chi connectivity index (χ1v) is 10.5. The molecule has 0 radical (unpaired) electrons. The van der Waals surface area contributed by atoms with Crippen LogP contribution < -0.4 is 11.5 Å². The maximum atomic E-state index is 6.36. The van der Waals surface area contributed by atoms with Gasteiger partial charge in [0.25, 0.3) is 0 Å². The molecule has 0 aliphatic heterocycles. The summed E-state index contributed by atoms with van der Waals surface area (Å²) in [6.45, 7) is 8.11. The molecule has 5 nitrogen and oxygen atoms in total. The van der Waals surface area contributed by atoms with Crippen molar-refractivity contribution in [3.8, 4) is 0 Å². The number of unbranched alkanes of at least 4 members (excludes halogenated alkanes) is 7. The van der Waals surface area contributed by atoms with Gasteiger partial charge in [-0.15, -0.1) is 0 Å². The molecule has 0 aromatic rings. The van der Waals surface area contributed by atoms with Crippen LogP contribution in [-0.2, 0) is 14.2 Å². The average Bonchev–Trinajstić information content (AvgIpc) is 2.60. The minimum atomic E-state index is -0.913. The highest BCUT2D eigenvalue weighted by molar-refractivity contribution is 4.63. The van der Waals surface area contributed by atoms with Crippen LogP contribution in [-0.4, -0.2) is 38.9 Å². The molecule has 0 rings (SSSR count). The summed E-state index contributed by atoms with van der Waals surface area (Å²) in [6.07, 6.45) is 12.9. The van der Waals surface area contributed by atoms with Crippen molar-refractivity contribution in [3.63, 3.8) is 0 Å². The van der Waals surface area contributed by atoms with Crippen LogP contribution in [0.15, 0.2) is 0 Å². The van der Waals surface area contributed by atoms with Crippen molar-refractivity contribution >= 4 is 0 Å². The van der Waals surface area contributed by atoms with Gasteiger partial charge in [-0.1, -0.05) is 46.0 Å². The van der Waals surface area contributed by atoms with Crippen LogP contribution in [0.25, 0.3) is 0 Å². The second kappa shape index (κ2) is 18.6. The highest BCUT2D eigenvalue weighted by Gasteiger charge is 2.25. The first-order valence-electron chi connectivity index (χ1n) is 10.5. The quantitative estimate of drug-likeness (QED) is 0.249. The van der Waals surface area contributed by atoms with E-state index < -0.39 is 5.91 Å². The van der Waals surface area contributed by atoms with Crippen molar-refractivity contribution in [2.45, 2.75) is 96.8 Å². The minimum Gasteiger partial charge on any atom is -0.381 e. The molecule has 25 heavy (non-hydrogen) atoms. The summed E-state index contributed by atoms with van der Waals surface area (Å²) < 4.78 is 17.4. The summed E-state index contributed by atoms with van der Waals surface area (Å²) in [5.41, 5.74) is 11.8. The Labute approximate surface area is 156 Å². The Balaban J connectivity index is 3.84. The zero-order valence-corrected chi connectivity index (χ0v) is 16.9. The summed E-state index contributed by atoms with van der Waals surface area (Å²) in [7, 11) is 0. The van der Waals surface area contributed by atoms with Gasteiger partial charge in [0, 0.05) is 19.6 Å². The second-order valence-corrected chi connectivity index (χ2v) is 6.84. The molecule has 0 amide bonds. The van der Waals surface area contributed by atoms with Crippen molar-refractivity contribution in [1.29, 1.82) is 0 Å². The van der Waals surface area contributed by atoms with E-state index in [0.29, 0.717) is 13.2 Å². The fourth-order valence-electron chi connectivity index (χ4n) is 2.55. The topological polar surface area (TPSA) is 79.7 Å². The van der Waals surface area contributed by atoms with E-state index in [9.17, 15) is 0 Å². The molecule has 1 atom stereocenters. The van der Waals surface area contributed by atoms with Crippen LogP contribution >= 0.6 is 0 Å². The van der Waals surface area contributed by atoms with Gasteiger partial charge in [-0.3, -0.25) is 5.73 Å². The molecule has 0 spiro atoms. The van der Waals surface area contributed by atoms with Gasteiger partial charge in [0.2, 0.25) is 5.91 Å². The van der Waals surface area contributed by atoms with Crippen molar-refractivity contribution < 1.29 is 14.2 Å². The van der Waals surface area contributed by atoms with Gasteiger partial charge < -0.3 is 19.9 Å². The average molecular weight is 361 g/mol. The molecular weight excluding hydrogens is 316 g/mol. The van der Waals surface area contributed by atoms with Crippen LogP contribution in [0.2, 0.25) is 0 Å². The van der Waals surface area contributed by atoms with Crippen molar-refractivity contribution in [3.05, 3.63) is 0 Å². The van der Waals surface area contributed by atoms with Crippen LogP contribution in [0.4, 0.5) is 0 Å². The zero-order chi connectivity index (χ0) is 18.6. The maximum absolute atomic E-state index is 6.36. The predicted octanol–water partition coefficient (Wildman–Crippen LogP) is 4.33. The van der Waals surface area contributed by atoms with E-state index in [-0.39, 0.29) is 0 Å². The number of rotatable bonds is 20. The van der Waals surface area contributed by atoms with E-state index >= 15 is 0 Å². The van der Waals surface area contributed by atoms with E-state index in [0.717, 1.165) is 77.5 Å². The van der Waals surface area contributed by atoms with Gasteiger partial charge in [0.15, 0.2) is 0 Å². The van der Waals surface area contributed by atoms with Gasteiger partial charge in [-0.2, -0.15) is 0 Å². The van der Waals surface area contributed by atoms with E-state index in [1.54, 1.807) is 0 Å². The molecule has 0 aromatic carbocycles. The Hall–Kier alpha value is -0.200. The third kappa shape index (κ3) is 17.0. The van der Waals surface area contributed by atoms with E-state index in [4.69, 9.17) is 25.7 Å². The Kier molecular flexibility index (Phi) is 18.4. The van der Waals surface area contributed by atoms with Crippen molar-refractivity contribution in [1.82, 2.24) is 0 Å². The molecule has 0 bridgehead atoms. The highest BCUT2D eigenvalue weighted by Crippen LogP contribution is 2.18. The molecule has 0 aromatic heterocycles. The predicted molar refractivity (Wildman–Crippen MR) is 105 cm³/mol. The Morgan fingerprint density at radius 3 is 1.84 bits per heavy atom. The van der Waals surface area contributed by atoms with Crippen molar-refractivity contribution in [2.24, 2.45) is 11.5 Å². The highest BCUT2D eigenvalue weighted by atomic mass is 16.7. The van der Waals surface area contributed by atoms with Crippen LogP contribution in [0, 0.1) is 0 Å². The van der Waals surface area contributed by atoms with E-state index in [2.05, 4.69) is 13.8 Å². The summed E-state index contributed by atoms with van der Waals surface area (Å²) >= 11 is 0. The lowest BCUT2D eigenvalue weighted by atomic mass is 10.1. The maximum Gasteiger partial charge on any atom is 0.224 e. The van der Waals surface area contributed by atoms with Gasteiger partial charge >= 0.3 is 0 Å². The Bertz CT molecular complexity index is 267. The molecule has 0 aliphatic rings. The zero-order valence-electron chi connectivity index (χ0n) is 16.9. The normalized spacial score (nSPS) is 13.9. The molecule has 4 N–H and O–H groups in total. The minimum absolute atomic E-state index is 0.673. The first kappa shape index (κ1) is 24.8. The number of ether oxygens (including phenoxy) is 3. The molecule has 152 valence electrons. The lowest BCUT2D eigenvalue weighted by molar-refractivity contribution is -0.239. The summed E-state index contributed by atoms with van der Waals surface area (Å²) in [4.78, 5) is 0. The van der Waals surface area contributed by atoms with Crippen LogP contribution in [0.5, 0.6) is 0 Å². The summed E-state index contributed by atoms with van der Waals surface area (Å²) in [5, 5.41) is 0. The fourth-order valence-corrected chi connectivity index (χ4v) is 2.55. The van der Waals surface area contributed by atoms with Gasteiger partial charge in [0.1, 0.15) is 0 Å². The molecular formula is C20H44N2O3. The largest absolute Gasteiger partial charge is 0.381 e. The smallest absolute Gasteiger partial charge is 0.224 e. The van der Waals surface area contributed by atoms with E-state index in [1.807, 2.05) is 0 Å². The molecule has 0 saturated heterocycles. The van der Waals surface area contributed by atoms with Crippen LogP contribution in [0.1, 0.15) is 90.9 Å². The van der Waals surface area contributed by atoms with Crippen molar-refractivity contribution in [2.75, 3.05) is 33.0 Å². The molecule has 0 fully saturated rings. The standard InChI is InChI=1S/C20H44N2O3/c1-3-5-7-12-19-25-20(22,24-18-6-4-2)14-9-8-11-16-23-17-13-10-15-21/h3-19,21-22H2,1-2H3. The summed E-state index contributed by atoms with van der Waals surface area (Å²) in [6, 6.07) is 0. The third-order valence-electron chi connectivity index (χ3n) is 4.25. The van der Waals surface area contributed by atoms with Gasteiger partial charge in [-0.25, -0.2) is 0 Å². The molecule has 5 heteroatoms. The number of nitrogens with two attached hydrogens (primary N) is 2. The van der Waals surface area contributed by atoms with Crippen LogP contribution in [0.3, 0.4) is 0 Å². The first-order chi connectivity index (χ1) is 12.2. The second-order valence-electron chi connectivity index (χ2n) is 6.84. The number of hydrogen-bond donors (Lipinski definition) is 2. The lowest BCUT2D eigenvalue weighted by Crippen LogP contribution is -2.46. The monoisotopic (exact) mass is 360 g/mol.